The van der Waals surface area contributed by atoms with E-state index in [1.165, 1.54) is 11.1 Å². The fourth-order valence-corrected chi connectivity index (χ4v) is 4.05. The molecule has 2 N–H and O–H groups in total. The molecule has 0 aliphatic carbocycles. The summed E-state index contributed by atoms with van der Waals surface area (Å²) in [6, 6.07) is 18.6. The first-order valence-corrected chi connectivity index (χ1v) is 10.4. The smallest absolute Gasteiger partial charge is 0.404 e. The van der Waals surface area contributed by atoms with Gasteiger partial charge in [-0.05, 0) is 61.5 Å². The van der Waals surface area contributed by atoms with Crippen LogP contribution in [0.4, 0.5) is 4.79 Å². The van der Waals surface area contributed by atoms with Gasteiger partial charge in [0, 0.05) is 13.1 Å². The highest BCUT2D eigenvalue weighted by molar-refractivity contribution is 5.64. The lowest BCUT2D eigenvalue weighted by atomic mass is 9.88. The summed E-state index contributed by atoms with van der Waals surface area (Å²) in [5.41, 5.74) is 4.55. The second-order valence-electron chi connectivity index (χ2n) is 7.77. The first-order valence-electron chi connectivity index (χ1n) is 10.4. The van der Waals surface area contributed by atoms with Gasteiger partial charge in [0.15, 0.2) is 0 Å². The van der Waals surface area contributed by atoms with Crippen LogP contribution in [0.15, 0.2) is 60.8 Å². The minimum atomic E-state index is -0.970. The molecule has 4 rings (SSSR count). The van der Waals surface area contributed by atoms with E-state index in [0.717, 1.165) is 50.3 Å². The lowest BCUT2D eigenvalue weighted by Gasteiger charge is -2.31. The van der Waals surface area contributed by atoms with Crippen molar-refractivity contribution in [2.45, 2.75) is 31.7 Å². The van der Waals surface area contributed by atoms with Crippen LogP contribution >= 0.6 is 0 Å². The maximum atomic E-state index is 10.6. The largest absolute Gasteiger partial charge is 0.465 e. The zero-order valence-electron chi connectivity index (χ0n) is 16.9. The third-order valence-electron chi connectivity index (χ3n) is 5.65. The fraction of sp³-hybridized carbons (Fsp3) is 0.348. The van der Waals surface area contributed by atoms with Crippen LogP contribution in [-0.2, 0) is 13.0 Å². The Morgan fingerprint density at radius 3 is 2.67 bits per heavy atom. The van der Waals surface area contributed by atoms with Gasteiger partial charge < -0.3 is 10.4 Å². The van der Waals surface area contributed by atoms with E-state index in [9.17, 15) is 4.79 Å². The number of carbonyl (C=O) groups is 1. The second kappa shape index (κ2) is 9.54. The molecule has 7 heteroatoms. The Morgan fingerprint density at radius 2 is 1.90 bits per heavy atom. The van der Waals surface area contributed by atoms with Crippen LogP contribution in [0, 0.1) is 0 Å². The average molecular weight is 406 g/mol. The van der Waals surface area contributed by atoms with Gasteiger partial charge in [0.1, 0.15) is 0 Å². The molecule has 1 saturated heterocycles. The number of piperidine rings is 1. The molecule has 1 fully saturated rings. The molecule has 0 atom stereocenters. The molecule has 0 spiro atoms. The molecule has 156 valence electrons. The Kier molecular flexibility index (Phi) is 6.39. The zero-order chi connectivity index (χ0) is 20.8. The van der Waals surface area contributed by atoms with E-state index in [-0.39, 0.29) is 0 Å². The number of para-hydroxylation sites is 1. The van der Waals surface area contributed by atoms with Gasteiger partial charge in [0.05, 0.1) is 17.6 Å². The Bertz CT molecular complexity index is 964. The summed E-state index contributed by atoms with van der Waals surface area (Å²) in [7, 11) is 0. The predicted molar refractivity (Wildman–Crippen MR) is 115 cm³/mol. The molecule has 1 aliphatic rings. The van der Waals surface area contributed by atoms with Crippen molar-refractivity contribution in [2.24, 2.45) is 0 Å². The van der Waals surface area contributed by atoms with E-state index in [1.807, 2.05) is 41.2 Å². The minimum absolute atomic E-state index is 0.445. The highest BCUT2D eigenvalue weighted by Crippen LogP contribution is 2.29. The lowest BCUT2D eigenvalue weighted by molar-refractivity contribution is 0.194. The van der Waals surface area contributed by atoms with Crippen molar-refractivity contribution < 1.29 is 9.90 Å². The van der Waals surface area contributed by atoms with E-state index in [4.69, 9.17) is 5.11 Å². The van der Waals surface area contributed by atoms with E-state index in [0.29, 0.717) is 12.5 Å². The van der Waals surface area contributed by atoms with Gasteiger partial charge in [-0.1, -0.05) is 47.7 Å². The van der Waals surface area contributed by atoms with E-state index in [2.05, 4.69) is 44.8 Å². The molecule has 2 aromatic carbocycles. The van der Waals surface area contributed by atoms with Gasteiger partial charge in [-0.3, -0.25) is 4.90 Å². The van der Waals surface area contributed by atoms with Crippen molar-refractivity contribution in [1.82, 2.24) is 25.2 Å². The number of nitrogens with zero attached hydrogens (tertiary/aromatic N) is 4. The number of benzene rings is 2. The van der Waals surface area contributed by atoms with Gasteiger partial charge in [-0.25, -0.2) is 9.48 Å². The molecule has 3 aromatic rings. The quantitative estimate of drug-likeness (QED) is 0.629. The summed E-state index contributed by atoms with van der Waals surface area (Å²) in [6.07, 6.45) is 3.99. The lowest BCUT2D eigenvalue weighted by Crippen LogP contribution is -2.32. The number of aromatic nitrogens is 3. The van der Waals surface area contributed by atoms with Crippen molar-refractivity contribution >= 4 is 6.09 Å². The van der Waals surface area contributed by atoms with Crippen molar-refractivity contribution in [2.75, 3.05) is 19.6 Å². The van der Waals surface area contributed by atoms with E-state index in [1.54, 1.807) is 0 Å². The van der Waals surface area contributed by atoms with E-state index >= 15 is 0 Å². The molecule has 0 bridgehead atoms. The molecule has 7 nitrogen and oxygen atoms in total. The number of likely N-dealkylation sites (tertiary alicyclic amines) is 1. The standard InChI is InChI=1S/C23H27N5O2/c29-23(30)24-12-9-18-5-4-6-20(15-18)19-10-13-27(14-11-19)16-21-17-28(26-25-21)22-7-2-1-3-8-22/h1-8,15,17,19,24H,9-14,16H2,(H,29,30). The van der Waals surface area contributed by atoms with Crippen molar-refractivity contribution in [3.63, 3.8) is 0 Å². The minimum Gasteiger partial charge on any atom is -0.465 e. The third kappa shape index (κ3) is 5.24. The second-order valence-corrected chi connectivity index (χ2v) is 7.77. The summed E-state index contributed by atoms with van der Waals surface area (Å²) < 4.78 is 1.83. The first kappa shape index (κ1) is 20.1. The van der Waals surface area contributed by atoms with Gasteiger partial charge in [-0.2, -0.15) is 0 Å². The molecule has 0 radical (unpaired) electrons. The summed E-state index contributed by atoms with van der Waals surface area (Å²) in [6.45, 7) is 3.34. The van der Waals surface area contributed by atoms with Crippen LogP contribution in [0.3, 0.4) is 0 Å². The SMILES string of the molecule is O=C(O)NCCc1cccc(C2CCN(Cc3cn(-c4ccccc4)nn3)CC2)c1. The number of carboxylic acid groups (broad SMARTS) is 1. The van der Waals surface area contributed by atoms with Crippen molar-refractivity contribution in [1.29, 1.82) is 0 Å². The number of hydrogen-bond donors (Lipinski definition) is 2. The monoisotopic (exact) mass is 405 g/mol. The average Bonchev–Trinajstić information content (AvgIpc) is 3.23. The molecule has 1 amide bonds. The Morgan fingerprint density at radius 1 is 1.10 bits per heavy atom. The third-order valence-corrected chi connectivity index (χ3v) is 5.65. The van der Waals surface area contributed by atoms with E-state index < -0.39 is 6.09 Å². The molecule has 2 heterocycles. The van der Waals surface area contributed by atoms with Crippen molar-refractivity contribution in [3.8, 4) is 5.69 Å². The van der Waals surface area contributed by atoms with Crippen LogP contribution in [0.1, 0.15) is 35.6 Å². The number of amides is 1. The normalized spacial score (nSPS) is 15.2. The predicted octanol–water partition coefficient (Wildman–Crippen LogP) is 3.46. The fourth-order valence-electron chi connectivity index (χ4n) is 4.05. The van der Waals surface area contributed by atoms with Crippen LogP contribution in [0.2, 0.25) is 0 Å². The van der Waals surface area contributed by atoms with Crippen LogP contribution in [-0.4, -0.2) is 50.7 Å². The van der Waals surface area contributed by atoms with Crippen LogP contribution in [0.25, 0.3) is 5.69 Å². The molecular formula is C23H27N5O2. The Balaban J connectivity index is 1.29. The molecule has 1 aromatic heterocycles. The number of rotatable bonds is 7. The highest BCUT2D eigenvalue weighted by Gasteiger charge is 2.21. The zero-order valence-corrected chi connectivity index (χ0v) is 16.9. The van der Waals surface area contributed by atoms with Crippen molar-refractivity contribution in [3.05, 3.63) is 77.6 Å². The van der Waals surface area contributed by atoms with Gasteiger partial charge in [0.25, 0.3) is 0 Å². The summed E-state index contributed by atoms with van der Waals surface area (Å²) in [5.74, 6) is 0.550. The summed E-state index contributed by atoms with van der Waals surface area (Å²) in [5, 5.41) is 19.7. The Hall–Kier alpha value is -3.19. The topological polar surface area (TPSA) is 83.3 Å². The number of hydrogen-bond acceptors (Lipinski definition) is 4. The number of nitrogens with one attached hydrogen (secondary N) is 1. The molecule has 0 saturated carbocycles. The molecule has 0 unspecified atom stereocenters. The Labute approximate surface area is 176 Å². The molecular weight excluding hydrogens is 378 g/mol. The highest BCUT2D eigenvalue weighted by atomic mass is 16.4. The summed E-state index contributed by atoms with van der Waals surface area (Å²) >= 11 is 0. The molecule has 1 aliphatic heterocycles. The maximum absolute atomic E-state index is 10.6. The molecule has 30 heavy (non-hydrogen) atoms. The van der Waals surface area contributed by atoms with Gasteiger partial charge in [0.2, 0.25) is 0 Å². The van der Waals surface area contributed by atoms with Gasteiger partial charge in [-0.15, -0.1) is 5.10 Å². The maximum Gasteiger partial charge on any atom is 0.404 e. The van der Waals surface area contributed by atoms with Gasteiger partial charge >= 0.3 is 6.09 Å². The van der Waals surface area contributed by atoms with Crippen LogP contribution < -0.4 is 5.32 Å². The first-order chi connectivity index (χ1) is 14.7. The summed E-state index contributed by atoms with van der Waals surface area (Å²) in [4.78, 5) is 13.1. The van der Waals surface area contributed by atoms with Crippen LogP contribution in [0.5, 0.6) is 0 Å².